The van der Waals surface area contributed by atoms with E-state index in [9.17, 15) is 9.59 Å². The van der Waals surface area contributed by atoms with Crippen LogP contribution in [0.2, 0.25) is 5.02 Å². The van der Waals surface area contributed by atoms with Gasteiger partial charge in [0.2, 0.25) is 0 Å². The predicted molar refractivity (Wildman–Crippen MR) is 68.1 cm³/mol. The summed E-state index contributed by atoms with van der Waals surface area (Å²) in [4.78, 5) is 23.5. The lowest BCUT2D eigenvalue weighted by atomic mass is 10.0. The number of benzene rings is 1. The van der Waals surface area contributed by atoms with Crippen molar-refractivity contribution in [1.82, 2.24) is 0 Å². The summed E-state index contributed by atoms with van der Waals surface area (Å²) < 4.78 is 9.79. The molecule has 0 radical (unpaired) electrons. The van der Waals surface area contributed by atoms with Crippen LogP contribution in [-0.2, 0) is 9.47 Å². The van der Waals surface area contributed by atoms with Crippen LogP contribution in [0.15, 0.2) is 12.1 Å². The molecule has 0 bridgehead atoms. The van der Waals surface area contributed by atoms with E-state index in [0.717, 1.165) is 0 Å². The molecule has 0 atom stereocenters. The van der Waals surface area contributed by atoms with Crippen molar-refractivity contribution in [2.24, 2.45) is 0 Å². The van der Waals surface area contributed by atoms with Crippen LogP contribution in [-0.4, -0.2) is 25.2 Å². The zero-order valence-electron chi connectivity index (χ0n) is 10.6. The topological polar surface area (TPSA) is 52.6 Å². The van der Waals surface area contributed by atoms with Crippen molar-refractivity contribution >= 4 is 23.5 Å². The molecule has 0 aliphatic rings. The highest BCUT2D eigenvalue weighted by Crippen LogP contribution is 2.22. The molecule has 98 valence electrons. The van der Waals surface area contributed by atoms with Crippen molar-refractivity contribution in [3.63, 3.8) is 0 Å². The van der Waals surface area contributed by atoms with Gasteiger partial charge in [-0.15, -0.1) is 0 Å². The first kappa shape index (κ1) is 14.5. The van der Waals surface area contributed by atoms with Gasteiger partial charge in [0.1, 0.15) is 0 Å². The molecule has 0 N–H and O–H groups in total. The highest BCUT2D eigenvalue weighted by Gasteiger charge is 2.20. The Balaban J connectivity index is 3.25. The first-order valence-corrected chi connectivity index (χ1v) is 6.03. The number of ether oxygens (including phenoxy) is 2. The molecule has 0 saturated heterocycles. The minimum absolute atomic E-state index is 0.130. The van der Waals surface area contributed by atoms with Crippen molar-refractivity contribution in [2.45, 2.75) is 20.8 Å². The maximum atomic E-state index is 11.8. The highest BCUT2D eigenvalue weighted by atomic mass is 35.5. The number of halogens is 1. The van der Waals surface area contributed by atoms with Gasteiger partial charge in [0.05, 0.1) is 24.3 Å². The third-order valence-corrected chi connectivity index (χ3v) is 2.70. The van der Waals surface area contributed by atoms with Gasteiger partial charge in [-0.2, -0.15) is 0 Å². The average Bonchev–Trinajstić information content (AvgIpc) is 2.32. The van der Waals surface area contributed by atoms with E-state index < -0.39 is 11.9 Å². The van der Waals surface area contributed by atoms with Crippen LogP contribution < -0.4 is 0 Å². The Kier molecular flexibility index (Phi) is 5.16. The van der Waals surface area contributed by atoms with E-state index in [-0.39, 0.29) is 24.3 Å². The van der Waals surface area contributed by atoms with E-state index in [1.165, 1.54) is 12.1 Å². The molecule has 5 heteroatoms. The first-order valence-electron chi connectivity index (χ1n) is 5.65. The number of rotatable bonds is 4. The largest absolute Gasteiger partial charge is 0.462 e. The fourth-order valence-electron chi connectivity index (χ4n) is 1.44. The Morgan fingerprint density at radius 2 is 1.50 bits per heavy atom. The molecule has 18 heavy (non-hydrogen) atoms. The normalized spacial score (nSPS) is 10.0. The van der Waals surface area contributed by atoms with Gasteiger partial charge in [0, 0.05) is 5.02 Å². The number of hydrogen-bond acceptors (Lipinski definition) is 4. The number of carbonyl (C=O) groups excluding carboxylic acids is 2. The zero-order chi connectivity index (χ0) is 13.7. The first-order chi connectivity index (χ1) is 8.51. The minimum Gasteiger partial charge on any atom is -0.462 e. The molecular weight excluding hydrogens is 256 g/mol. The fraction of sp³-hybridized carbons (Fsp3) is 0.385. The molecule has 0 heterocycles. The lowest BCUT2D eigenvalue weighted by Gasteiger charge is -2.10. The van der Waals surface area contributed by atoms with Crippen molar-refractivity contribution in [2.75, 3.05) is 13.2 Å². The molecule has 0 spiro atoms. The Morgan fingerprint density at radius 3 is 1.94 bits per heavy atom. The summed E-state index contributed by atoms with van der Waals surface area (Å²) in [7, 11) is 0. The molecular formula is C13H15ClO4. The van der Waals surface area contributed by atoms with Crippen LogP contribution in [0.5, 0.6) is 0 Å². The summed E-state index contributed by atoms with van der Waals surface area (Å²) in [6.07, 6.45) is 0. The van der Waals surface area contributed by atoms with E-state index in [2.05, 4.69) is 0 Å². The summed E-state index contributed by atoms with van der Waals surface area (Å²) in [6.45, 7) is 5.61. The van der Waals surface area contributed by atoms with Crippen LogP contribution in [0.25, 0.3) is 0 Å². The van der Waals surface area contributed by atoms with Crippen LogP contribution in [0.4, 0.5) is 0 Å². The number of esters is 2. The molecule has 4 nitrogen and oxygen atoms in total. The maximum absolute atomic E-state index is 11.8. The Hall–Kier alpha value is -1.55. The zero-order valence-corrected chi connectivity index (χ0v) is 11.3. The monoisotopic (exact) mass is 270 g/mol. The van der Waals surface area contributed by atoms with Gasteiger partial charge in [-0.1, -0.05) is 11.6 Å². The van der Waals surface area contributed by atoms with Gasteiger partial charge in [-0.05, 0) is 38.5 Å². The molecule has 0 fully saturated rings. The smallest absolute Gasteiger partial charge is 0.339 e. The van der Waals surface area contributed by atoms with Crippen molar-refractivity contribution in [3.05, 3.63) is 33.8 Å². The van der Waals surface area contributed by atoms with Crippen molar-refractivity contribution in [3.8, 4) is 0 Å². The van der Waals surface area contributed by atoms with Gasteiger partial charge in [0.15, 0.2) is 0 Å². The van der Waals surface area contributed by atoms with Crippen LogP contribution in [0, 0.1) is 6.92 Å². The third-order valence-electron chi connectivity index (χ3n) is 2.29. The quantitative estimate of drug-likeness (QED) is 0.789. The Bertz CT molecular complexity index is 425. The molecule has 0 aliphatic heterocycles. The summed E-state index contributed by atoms with van der Waals surface area (Å²) in [5.74, 6) is -1.14. The van der Waals surface area contributed by atoms with Gasteiger partial charge in [-0.3, -0.25) is 0 Å². The van der Waals surface area contributed by atoms with E-state index in [1.807, 2.05) is 0 Å². The second-order valence-corrected chi connectivity index (χ2v) is 4.00. The lowest BCUT2D eigenvalue weighted by molar-refractivity contribution is 0.0479. The van der Waals surface area contributed by atoms with Crippen LogP contribution in [0.3, 0.4) is 0 Å². The molecule has 1 aromatic rings. The summed E-state index contributed by atoms with van der Waals surface area (Å²) in [5, 5.41) is 0.408. The second kappa shape index (κ2) is 6.40. The van der Waals surface area contributed by atoms with Crippen molar-refractivity contribution in [1.29, 1.82) is 0 Å². The van der Waals surface area contributed by atoms with Crippen molar-refractivity contribution < 1.29 is 19.1 Å². The fourth-order valence-corrected chi connectivity index (χ4v) is 1.60. The molecule has 1 aromatic carbocycles. The number of hydrogen-bond donors (Lipinski definition) is 0. The number of aryl methyl sites for hydroxylation is 1. The Labute approximate surface area is 111 Å². The predicted octanol–water partition coefficient (Wildman–Crippen LogP) is 3.00. The van der Waals surface area contributed by atoms with Gasteiger partial charge < -0.3 is 9.47 Å². The molecule has 0 amide bonds. The molecule has 0 aliphatic carbocycles. The van der Waals surface area contributed by atoms with E-state index in [0.29, 0.717) is 10.6 Å². The van der Waals surface area contributed by atoms with E-state index >= 15 is 0 Å². The summed E-state index contributed by atoms with van der Waals surface area (Å²) >= 11 is 5.95. The molecule has 0 unspecified atom stereocenters. The standard InChI is InChI=1S/C13H15ClO4/c1-4-17-12(15)9-6-8(3)11(14)7-10(9)13(16)18-5-2/h6-7H,4-5H2,1-3H3. The third kappa shape index (κ3) is 3.23. The molecule has 1 rings (SSSR count). The van der Waals surface area contributed by atoms with E-state index in [4.69, 9.17) is 21.1 Å². The average molecular weight is 271 g/mol. The summed E-state index contributed by atoms with van der Waals surface area (Å²) in [5.41, 5.74) is 1.01. The Morgan fingerprint density at radius 1 is 1.06 bits per heavy atom. The molecule has 0 saturated carbocycles. The second-order valence-electron chi connectivity index (χ2n) is 3.59. The maximum Gasteiger partial charge on any atom is 0.339 e. The van der Waals surface area contributed by atoms with E-state index in [1.54, 1.807) is 20.8 Å². The van der Waals surface area contributed by atoms with Gasteiger partial charge >= 0.3 is 11.9 Å². The minimum atomic E-state index is -0.581. The SMILES string of the molecule is CCOC(=O)c1cc(C)c(Cl)cc1C(=O)OCC. The van der Waals surface area contributed by atoms with Crippen LogP contribution >= 0.6 is 11.6 Å². The van der Waals surface area contributed by atoms with Gasteiger partial charge in [-0.25, -0.2) is 9.59 Å². The van der Waals surface area contributed by atoms with Crippen LogP contribution in [0.1, 0.15) is 40.1 Å². The van der Waals surface area contributed by atoms with Gasteiger partial charge in [0.25, 0.3) is 0 Å². The highest BCUT2D eigenvalue weighted by molar-refractivity contribution is 6.32. The summed E-state index contributed by atoms with van der Waals surface area (Å²) in [6, 6.07) is 2.97. The number of carbonyl (C=O) groups is 2. The molecule has 0 aromatic heterocycles. The lowest BCUT2D eigenvalue weighted by Crippen LogP contribution is -2.14.